The molecule has 0 aliphatic heterocycles. The molecule has 2 aromatic heterocycles. The van der Waals surface area contributed by atoms with Crippen molar-refractivity contribution in [2.24, 2.45) is 4.99 Å². The number of carbonyl (C=O) groups is 1. The summed E-state index contributed by atoms with van der Waals surface area (Å²) in [7, 11) is 0. The summed E-state index contributed by atoms with van der Waals surface area (Å²) in [5.41, 5.74) is 2.81. The fraction of sp³-hybridized carbons (Fsp3) is 0.286. The molecule has 8 nitrogen and oxygen atoms in total. The van der Waals surface area contributed by atoms with Gasteiger partial charge in [-0.15, -0.1) is 0 Å². The number of aromatic nitrogens is 1. The Balaban J connectivity index is 1.52. The van der Waals surface area contributed by atoms with Gasteiger partial charge >= 0.3 is 0 Å². The molecule has 2 heterocycles. The Bertz CT molecular complexity index is 930. The Morgan fingerprint density at radius 3 is 2.66 bits per heavy atom. The van der Waals surface area contributed by atoms with Crippen molar-refractivity contribution in [3.8, 4) is 11.5 Å². The van der Waals surface area contributed by atoms with Gasteiger partial charge < -0.3 is 24.8 Å². The van der Waals surface area contributed by atoms with E-state index in [4.69, 9.17) is 8.83 Å². The lowest BCUT2D eigenvalue weighted by Crippen LogP contribution is -2.43. The lowest BCUT2D eigenvalue weighted by molar-refractivity contribution is -0.120. The maximum absolute atomic E-state index is 12.0. The van der Waals surface area contributed by atoms with Gasteiger partial charge in [0, 0.05) is 12.1 Å². The first-order valence-electron chi connectivity index (χ1n) is 9.46. The normalized spacial score (nSPS) is 11.3. The van der Waals surface area contributed by atoms with Crippen LogP contribution in [-0.4, -0.2) is 29.9 Å². The lowest BCUT2D eigenvalue weighted by atomic mass is 10.1. The minimum absolute atomic E-state index is 0.0972. The number of carbonyl (C=O) groups excluding carboxylic acids is 1. The molecule has 0 saturated carbocycles. The fourth-order valence-corrected chi connectivity index (χ4v) is 2.54. The zero-order chi connectivity index (χ0) is 20.5. The van der Waals surface area contributed by atoms with Crippen LogP contribution in [0.2, 0.25) is 0 Å². The van der Waals surface area contributed by atoms with Gasteiger partial charge in [0.25, 0.3) is 0 Å². The maximum atomic E-state index is 12.0. The third kappa shape index (κ3) is 6.24. The molecule has 0 unspecified atom stereocenters. The van der Waals surface area contributed by atoms with E-state index >= 15 is 0 Å². The Morgan fingerprint density at radius 2 is 1.93 bits per heavy atom. The lowest BCUT2D eigenvalue weighted by Gasteiger charge is -2.10. The van der Waals surface area contributed by atoms with E-state index in [1.54, 1.807) is 18.6 Å². The molecule has 8 heteroatoms. The zero-order valence-corrected chi connectivity index (χ0v) is 16.6. The molecule has 0 radical (unpaired) electrons. The standard InChI is InChI=1S/C21H25N5O3/c1-3-22-21(25-13-19(27)23-12-18-5-4-10-28-18)24-11-17-14-29-20(26-17)16-8-6-15(2)7-9-16/h4-10,14H,3,11-13H2,1-2H3,(H,23,27)(H2,22,24,25). The molecule has 3 rings (SSSR count). The van der Waals surface area contributed by atoms with Gasteiger partial charge in [0.05, 0.1) is 25.9 Å². The number of guanidine groups is 1. The molecule has 3 aromatic rings. The molecule has 29 heavy (non-hydrogen) atoms. The summed E-state index contributed by atoms with van der Waals surface area (Å²) in [4.78, 5) is 20.9. The molecule has 0 atom stereocenters. The molecule has 3 N–H and O–H groups in total. The SMILES string of the molecule is CCNC(=NCc1coc(-c2ccc(C)cc2)n1)NCC(=O)NCc1ccco1. The van der Waals surface area contributed by atoms with Gasteiger partial charge in [-0.3, -0.25) is 4.79 Å². The van der Waals surface area contributed by atoms with Gasteiger partial charge in [0.2, 0.25) is 11.8 Å². The third-order valence-electron chi connectivity index (χ3n) is 4.05. The van der Waals surface area contributed by atoms with E-state index in [0.29, 0.717) is 42.9 Å². The zero-order valence-electron chi connectivity index (χ0n) is 16.6. The summed E-state index contributed by atoms with van der Waals surface area (Å²) in [6, 6.07) is 11.6. The molecule has 0 fully saturated rings. The van der Waals surface area contributed by atoms with Gasteiger partial charge in [-0.25, -0.2) is 9.98 Å². The van der Waals surface area contributed by atoms with Crippen molar-refractivity contribution in [3.05, 3.63) is 65.9 Å². The van der Waals surface area contributed by atoms with E-state index in [0.717, 1.165) is 5.56 Å². The van der Waals surface area contributed by atoms with Crippen LogP contribution in [-0.2, 0) is 17.9 Å². The van der Waals surface area contributed by atoms with Crippen molar-refractivity contribution in [2.45, 2.75) is 26.9 Å². The van der Waals surface area contributed by atoms with E-state index in [-0.39, 0.29) is 12.5 Å². The summed E-state index contributed by atoms with van der Waals surface area (Å²) in [5.74, 6) is 1.63. The van der Waals surface area contributed by atoms with Crippen LogP contribution in [0.25, 0.3) is 11.5 Å². The Labute approximate surface area is 169 Å². The van der Waals surface area contributed by atoms with E-state index < -0.39 is 0 Å². The second kappa shape index (κ2) is 10.1. The fourth-order valence-electron chi connectivity index (χ4n) is 2.54. The highest BCUT2D eigenvalue weighted by atomic mass is 16.3. The summed E-state index contributed by atoms with van der Waals surface area (Å²) >= 11 is 0. The number of furan rings is 1. The molecule has 0 saturated heterocycles. The van der Waals surface area contributed by atoms with Crippen LogP contribution in [0, 0.1) is 6.92 Å². The van der Waals surface area contributed by atoms with Crippen LogP contribution in [0.1, 0.15) is 23.9 Å². The minimum Gasteiger partial charge on any atom is -0.467 e. The van der Waals surface area contributed by atoms with E-state index in [2.05, 4.69) is 25.9 Å². The van der Waals surface area contributed by atoms with Crippen molar-refractivity contribution < 1.29 is 13.6 Å². The van der Waals surface area contributed by atoms with Crippen molar-refractivity contribution in [2.75, 3.05) is 13.1 Å². The predicted octanol–water partition coefficient (Wildman–Crippen LogP) is 2.61. The molecule has 1 aromatic carbocycles. The Kier molecular flexibility index (Phi) is 7.05. The van der Waals surface area contributed by atoms with Crippen LogP contribution in [0.3, 0.4) is 0 Å². The second-order valence-electron chi connectivity index (χ2n) is 6.41. The van der Waals surface area contributed by atoms with Gasteiger partial charge in [0.15, 0.2) is 5.96 Å². The van der Waals surface area contributed by atoms with E-state index in [1.165, 1.54) is 5.56 Å². The smallest absolute Gasteiger partial charge is 0.239 e. The van der Waals surface area contributed by atoms with Crippen molar-refractivity contribution in [1.29, 1.82) is 0 Å². The van der Waals surface area contributed by atoms with Gasteiger partial charge in [-0.1, -0.05) is 17.7 Å². The second-order valence-corrected chi connectivity index (χ2v) is 6.41. The molecule has 1 amide bonds. The Hall–Kier alpha value is -3.55. The monoisotopic (exact) mass is 395 g/mol. The minimum atomic E-state index is -0.157. The number of aryl methyl sites for hydroxylation is 1. The quantitative estimate of drug-likeness (QED) is 0.400. The number of hydrogen-bond acceptors (Lipinski definition) is 5. The first-order valence-corrected chi connectivity index (χ1v) is 9.46. The molecule has 0 spiro atoms. The van der Waals surface area contributed by atoms with Crippen molar-refractivity contribution >= 4 is 11.9 Å². The molecular formula is C21H25N5O3. The van der Waals surface area contributed by atoms with Crippen LogP contribution in [0.5, 0.6) is 0 Å². The predicted molar refractivity (Wildman–Crippen MR) is 110 cm³/mol. The average Bonchev–Trinajstić information content (AvgIpc) is 3.41. The summed E-state index contributed by atoms with van der Waals surface area (Å²) in [6.07, 6.45) is 3.17. The van der Waals surface area contributed by atoms with Gasteiger partial charge in [0.1, 0.15) is 17.7 Å². The number of benzene rings is 1. The number of amides is 1. The van der Waals surface area contributed by atoms with Crippen LogP contribution >= 0.6 is 0 Å². The number of nitrogens with zero attached hydrogens (tertiary/aromatic N) is 2. The number of aliphatic imine (C=N–C) groups is 1. The highest BCUT2D eigenvalue weighted by Gasteiger charge is 2.08. The first-order chi connectivity index (χ1) is 14.1. The van der Waals surface area contributed by atoms with Crippen molar-refractivity contribution in [1.82, 2.24) is 20.9 Å². The van der Waals surface area contributed by atoms with Crippen LogP contribution in [0.4, 0.5) is 0 Å². The Morgan fingerprint density at radius 1 is 1.10 bits per heavy atom. The van der Waals surface area contributed by atoms with Gasteiger partial charge in [-0.05, 0) is 38.1 Å². The number of oxazole rings is 1. The molecular weight excluding hydrogens is 370 g/mol. The third-order valence-corrected chi connectivity index (χ3v) is 4.05. The largest absolute Gasteiger partial charge is 0.467 e. The number of rotatable bonds is 8. The first kappa shape index (κ1) is 20.2. The average molecular weight is 395 g/mol. The number of nitrogens with one attached hydrogen (secondary N) is 3. The van der Waals surface area contributed by atoms with Crippen molar-refractivity contribution in [3.63, 3.8) is 0 Å². The van der Waals surface area contributed by atoms with Gasteiger partial charge in [-0.2, -0.15) is 0 Å². The summed E-state index contributed by atoms with van der Waals surface area (Å²) in [6.45, 7) is 5.44. The molecule has 0 aliphatic rings. The van der Waals surface area contributed by atoms with Crippen LogP contribution < -0.4 is 16.0 Å². The maximum Gasteiger partial charge on any atom is 0.239 e. The van der Waals surface area contributed by atoms with Crippen LogP contribution in [0.15, 0.2) is 62.8 Å². The molecule has 0 bridgehead atoms. The summed E-state index contributed by atoms with van der Waals surface area (Å²) in [5, 5.41) is 8.88. The molecule has 152 valence electrons. The van der Waals surface area contributed by atoms with E-state index in [1.807, 2.05) is 44.2 Å². The topological polar surface area (TPSA) is 105 Å². The highest BCUT2D eigenvalue weighted by molar-refractivity contribution is 5.86. The van der Waals surface area contributed by atoms with E-state index in [9.17, 15) is 4.79 Å². The summed E-state index contributed by atoms with van der Waals surface area (Å²) < 4.78 is 10.7. The highest BCUT2D eigenvalue weighted by Crippen LogP contribution is 2.19. The molecule has 0 aliphatic carbocycles. The number of hydrogen-bond donors (Lipinski definition) is 3.